The molecule has 3 rings (SSSR count). The molecule has 1 heterocycles. The van der Waals surface area contributed by atoms with Crippen molar-refractivity contribution in [2.75, 3.05) is 46.3 Å². The van der Waals surface area contributed by atoms with E-state index >= 15 is 0 Å². The van der Waals surface area contributed by atoms with E-state index in [2.05, 4.69) is 57.5 Å². The summed E-state index contributed by atoms with van der Waals surface area (Å²) in [6, 6.07) is 6.54. The second-order valence-electron chi connectivity index (χ2n) is 8.43. The number of nitrogens with zero attached hydrogens (tertiary/aromatic N) is 3. The van der Waals surface area contributed by atoms with Gasteiger partial charge in [0, 0.05) is 58.8 Å². The highest BCUT2D eigenvalue weighted by molar-refractivity contribution is 5.80. The molecule has 0 radical (unpaired) electrons. The number of benzene rings is 1. The van der Waals surface area contributed by atoms with Gasteiger partial charge in [0.25, 0.3) is 0 Å². The Kier molecular flexibility index (Phi) is 7.92. The molecular weight excluding hydrogens is 362 g/mol. The van der Waals surface area contributed by atoms with Gasteiger partial charge in [-0.25, -0.2) is 0 Å². The van der Waals surface area contributed by atoms with Crippen LogP contribution in [-0.4, -0.2) is 68.0 Å². The van der Waals surface area contributed by atoms with E-state index in [9.17, 15) is 4.79 Å². The summed E-state index contributed by atoms with van der Waals surface area (Å²) in [5.74, 6) is 1.53. The van der Waals surface area contributed by atoms with Crippen molar-refractivity contribution in [2.24, 2.45) is 10.9 Å². The number of aryl methyl sites for hydroxylation is 2. The average Bonchev–Trinajstić information content (AvgIpc) is 3.26. The maximum Gasteiger partial charge on any atom is 0.225 e. The average molecular weight is 400 g/mol. The van der Waals surface area contributed by atoms with Crippen molar-refractivity contribution in [3.8, 4) is 0 Å². The maximum absolute atomic E-state index is 12.6. The summed E-state index contributed by atoms with van der Waals surface area (Å²) in [5, 5.41) is 6.82. The number of piperazine rings is 1. The predicted molar refractivity (Wildman–Crippen MR) is 119 cm³/mol. The van der Waals surface area contributed by atoms with Gasteiger partial charge >= 0.3 is 0 Å². The Balaban J connectivity index is 1.34. The molecule has 0 spiro atoms. The van der Waals surface area contributed by atoms with E-state index in [0.717, 1.165) is 64.6 Å². The van der Waals surface area contributed by atoms with Crippen LogP contribution in [0.4, 0.5) is 0 Å². The number of hydrogen-bond acceptors (Lipinski definition) is 3. The molecule has 1 aromatic rings. The molecule has 0 unspecified atom stereocenters. The molecular formula is C23H37N5O. The Hall–Kier alpha value is -2.08. The van der Waals surface area contributed by atoms with Crippen LogP contribution in [-0.2, 0) is 11.3 Å². The highest BCUT2D eigenvalue weighted by Gasteiger charge is 2.29. The highest BCUT2D eigenvalue weighted by atomic mass is 16.2. The minimum atomic E-state index is 0.301. The fraction of sp³-hybridized carbons (Fsp3) is 0.652. The quantitative estimate of drug-likeness (QED) is 0.569. The van der Waals surface area contributed by atoms with Crippen LogP contribution in [0.25, 0.3) is 0 Å². The Labute approximate surface area is 175 Å². The number of hydrogen-bond donors (Lipinski definition) is 2. The van der Waals surface area contributed by atoms with Gasteiger partial charge < -0.3 is 15.5 Å². The van der Waals surface area contributed by atoms with Crippen LogP contribution in [0.1, 0.15) is 42.4 Å². The smallest absolute Gasteiger partial charge is 0.225 e. The Morgan fingerprint density at radius 2 is 1.83 bits per heavy atom. The van der Waals surface area contributed by atoms with Crippen LogP contribution in [0.2, 0.25) is 0 Å². The molecule has 2 fully saturated rings. The van der Waals surface area contributed by atoms with Crippen molar-refractivity contribution in [1.82, 2.24) is 20.4 Å². The molecule has 0 aromatic heterocycles. The Morgan fingerprint density at radius 3 is 2.48 bits per heavy atom. The van der Waals surface area contributed by atoms with E-state index in [0.29, 0.717) is 11.8 Å². The van der Waals surface area contributed by atoms with Crippen molar-refractivity contribution >= 4 is 11.9 Å². The lowest BCUT2D eigenvalue weighted by Gasteiger charge is -2.36. The van der Waals surface area contributed by atoms with Crippen LogP contribution in [0.5, 0.6) is 0 Å². The van der Waals surface area contributed by atoms with Gasteiger partial charge in [-0.05, 0) is 37.8 Å². The van der Waals surface area contributed by atoms with Crippen LogP contribution < -0.4 is 10.6 Å². The largest absolute Gasteiger partial charge is 0.355 e. The van der Waals surface area contributed by atoms with Crippen molar-refractivity contribution in [1.29, 1.82) is 0 Å². The van der Waals surface area contributed by atoms with E-state index in [1.54, 1.807) is 0 Å². The molecule has 6 nitrogen and oxygen atoms in total. The van der Waals surface area contributed by atoms with Crippen molar-refractivity contribution in [2.45, 2.75) is 46.1 Å². The maximum atomic E-state index is 12.6. The standard InChI is InChI=1S/C23H37N5O/c1-18-8-9-21(19(2)16-18)17-26-23(24-3)25-10-11-27-12-14-28(15-13-27)22(29)20-6-4-5-7-20/h8-9,16,20H,4-7,10-15,17H2,1-3H3,(H2,24,25,26). The fourth-order valence-electron chi connectivity index (χ4n) is 4.40. The number of carbonyl (C=O) groups is 1. The first-order chi connectivity index (χ1) is 14.1. The predicted octanol–water partition coefficient (Wildman–Crippen LogP) is 2.30. The first-order valence-corrected chi connectivity index (χ1v) is 11.1. The second kappa shape index (κ2) is 10.6. The molecule has 1 aromatic carbocycles. The molecule has 2 aliphatic rings. The molecule has 6 heteroatoms. The Bertz CT molecular complexity index is 703. The number of amides is 1. The van der Waals surface area contributed by atoms with Gasteiger partial charge in [0.2, 0.25) is 5.91 Å². The lowest BCUT2D eigenvalue weighted by Crippen LogP contribution is -2.51. The first-order valence-electron chi connectivity index (χ1n) is 11.1. The summed E-state index contributed by atoms with van der Waals surface area (Å²) < 4.78 is 0. The number of carbonyl (C=O) groups excluding carboxylic acids is 1. The minimum absolute atomic E-state index is 0.301. The van der Waals surface area contributed by atoms with E-state index in [1.807, 2.05) is 7.05 Å². The number of rotatable bonds is 6. The number of guanidine groups is 1. The molecule has 1 saturated heterocycles. The summed E-state index contributed by atoms with van der Waals surface area (Å²) in [5.41, 5.74) is 3.89. The third-order valence-corrected chi connectivity index (χ3v) is 6.28. The van der Waals surface area contributed by atoms with Gasteiger partial charge in [0.05, 0.1) is 0 Å². The molecule has 1 aliphatic carbocycles. The molecule has 160 valence electrons. The summed E-state index contributed by atoms with van der Waals surface area (Å²) in [4.78, 5) is 21.4. The normalized spacial score (nSPS) is 18.9. The summed E-state index contributed by atoms with van der Waals surface area (Å²) in [7, 11) is 1.81. The van der Waals surface area contributed by atoms with Gasteiger partial charge in [-0.1, -0.05) is 36.6 Å². The minimum Gasteiger partial charge on any atom is -0.355 e. The summed E-state index contributed by atoms with van der Waals surface area (Å²) >= 11 is 0. The van der Waals surface area contributed by atoms with Crippen LogP contribution in [0.15, 0.2) is 23.2 Å². The highest BCUT2D eigenvalue weighted by Crippen LogP contribution is 2.26. The van der Waals surface area contributed by atoms with Gasteiger partial charge in [-0.15, -0.1) is 0 Å². The van der Waals surface area contributed by atoms with Crippen LogP contribution in [0.3, 0.4) is 0 Å². The zero-order valence-corrected chi connectivity index (χ0v) is 18.3. The zero-order chi connectivity index (χ0) is 20.6. The van der Waals surface area contributed by atoms with E-state index in [1.165, 1.54) is 29.5 Å². The molecule has 1 saturated carbocycles. The first kappa shape index (κ1) is 21.6. The third kappa shape index (κ3) is 6.20. The van der Waals surface area contributed by atoms with Gasteiger partial charge in [-0.2, -0.15) is 0 Å². The number of aliphatic imine (C=N–C) groups is 1. The summed E-state index contributed by atoms with van der Waals surface area (Å²) in [6.45, 7) is 10.5. The van der Waals surface area contributed by atoms with E-state index in [4.69, 9.17) is 0 Å². The summed E-state index contributed by atoms with van der Waals surface area (Å²) in [6.07, 6.45) is 4.64. The second-order valence-corrected chi connectivity index (χ2v) is 8.43. The number of nitrogens with one attached hydrogen (secondary N) is 2. The van der Waals surface area contributed by atoms with Crippen LogP contribution in [0, 0.1) is 19.8 Å². The Morgan fingerprint density at radius 1 is 1.10 bits per heavy atom. The van der Waals surface area contributed by atoms with E-state index < -0.39 is 0 Å². The van der Waals surface area contributed by atoms with Crippen molar-refractivity contribution in [3.05, 3.63) is 34.9 Å². The monoisotopic (exact) mass is 399 g/mol. The van der Waals surface area contributed by atoms with Crippen molar-refractivity contribution in [3.63, 3.8) is 0 Å². The van der Waals surface area contributed by atoms with Crippen molar-refractivity contribution < 1.29 is 4.79 Å². The third-order valence-electron chi connectivity index (χ3n) is 6.28. The molecule has 0 atom stereocenters. The van der Waals surface area contributed by atoms with Gasteiger partial charge in [0.1, 0.15) is 0 Å². The SMILES string of the molecule is CN=C(NCCN1CCN(C(=O)C2CCCC2)CC1)NCc1ccc(C)cc1C. The lowest BCUT2D eigenvalue weighted by molar-refractivity contribution is -0.137. The van der Waals surface area contributed by atoms with Gasteiger partial charge in [0.15, 0.2) is 5.96 Å². The van der Waals surface area contributed by atoms with Crippen LogP contribution >= 0.6 is 0 Å². The van der Waals surface area contributed by atoms with Gasteiger partial charge in [-0.3, -0.25) is 14.7 Å². The zero-order valence-electron chi connectivity index (χ0n) is 18.3. The van der Waals surface area contributed by atoms with E-state index in [-0.39, 0.29) is 0 Å². The topological polar surface area (TPSA) is 60.0 Å². The molecule has 2 N–H and O–H groups in total. The lowest BCUT2D eigenvalue weighted by atomic mass is 10.1. The molecule has 29 heavy (non-hydrogen) atoms. The molecule has 1 amide bonds. The molecule has 1 aliphatic heterocycles. The molecule has 0 bridgehead atoms. The fourth-order valence-corrected chi connectivity index (χ4v) is 4.40.